The molecule has 4 saturated heterocycles. The number of nitrogens with two attached hydrogens (primary N) is 1. The van der Waals surface area contributed by atoms with Gasteiger partial charge in [-0.3, -0.25) is 52.7 Å². The third kappa shape index (κ3) is 24.6. The number of hydrogen-bond donors (Lipinski definition) is 13. The van der Waals surface area contributed by atoms with Crippen LogP contribution in [0.1, 0.15) is 201 Å². The molecule has 22 unspecified atom stereocenters. The third-order valence-corrected chi connectivity index (χ3v) is 32.9. The van der Waals surface area contributed by atoms with Crippen LogP contribution in [0.15, 0.2) is 114 Å². The summed E-state index contributed by atoms with van der Waals surface area (Å²) in [6.45, 7) is 18.9. The number of amides is 12. The number of phenolic OH excluding ortho intramolecular Hbond substituents is 1. The average Bonchev–Trinajstić information content (AvgIpc) is 1.66. The van der Waals surface area contributed by atoms with Crippen molar-refractivity contribution in [3.05, 3.63) is 126 Å². The summed E-state index contributed by atoms with van der Waals surface area (Å²) in [6, 6.07) is 6.89. The van der Waals surface area contributed by atoms with E-state index in [1.165, 1.54) is 69.6 Å². The van der Waals surface area contributed by atoms with E-state index in [-0.39, 0.29) is 110 Å². The highest BCUT2D eigenvalue weighted by atomic mass is 33.1. The molecular formula is C100H142N14O15S2. The molecule has 3 aromatic carbocycles. The Balaban J connectivity index is 0.749. The van der Waals surface area contributed by atoms with Gasteiger partial charge in [0.25, 0.3) is 0 Å². The van der Waals surface area contributed by atoms with E-state index in [0.717, 1.165) is 88.8 Å². The van der Waals surface area contributed by atoms with E-state index in [2.05, 4.69) is 98.8 Å². The van der Waals surface area contributed by atoms with Gasteiger partial charge in [-0.2, -0.15) is 0 Å². The number of alkyl carbamates (subject to hydrolysis) is 1. The SMILES string of the molecule is CC(C)CCCC(C)C1CCC2C3CC=C4CC(OC(=O)NCCCCC5NC(=O)C(CC6=CNC7C=CC=CC67)NC(=O)C(Cc6ccc(O)cc6)NC(=O)C(NC(=O)C(CNC(=O)C6CCCN6C(=O)C6CCCN6C(=O)C6CCCN(C)C6)Cc6ccc7ccccc7c6)CSSCC(C(=O)NC(C(N)=O)C(C)O)NC(=O)C(C(C)C)NC5=O)CCC4(C)C3CCC12C. The van der Waals surface area contributed by atoms with Gasteiger partial charge in [0, 0.05) is 63.0 Å². The van der Waals surface area contributed by atoms with Gasteiger partial charge in [-0.25, -0.2) is 4.79 Å². The number of likely N-dealkylation sites (tertiary alicyclic amines) is 3. The van der Waals surface area contributed by atoms with E-state index in [4.69, 9.17) is 10.5 Å². The summed E-state index contributed by atoms with van der Waals surface area (Å²) in [5, 5.41) is 52.2. The van der Waals surface area contributed by atoms with Gasteiger partial charge in [-0.15, -0.1) is 0 Å². The second kappa shape index (κ2) is 45.0. The summed E-state index contributed by atoms with van der Waals surface area (Å²) in [6.07, 6.45) is 25.7. The molecule has 31 heteroatoms. The van der Waals surface area contributed by atoms with Gasteiger partial charge in [-0.05, 0) is 234 Å². The number of phenols is 1. The Labute approximate surface area is 779 Å². The standard InChI is InChI=1S/C100H142N14O15S2/c1-58(2)20-16-21-60(5)74-38-39-75-73-37-34-69-52-71(40-42-99(69,7)76(73)41-43-100(74,75)8)129-98(128)102-44-15-14-27-78-89(119)110-85(59(3)4)95(125)109-82(93(123)111-86(61(6)115)87(101)117)57-131-130-56-81(92(122)106-79(50-62-31-35-70(116)36-32-62)90(120)107-80(91(121)105-78)51-67-53-103-77-26-13-12-25-72(67)77)108-88(118)68(49-63-30-33-64-22-10-11-23-65(64)48-63)54-104-94(124)83-28-18-46-113(83)97(127)84-29-19-47-114(84)96(126)66-24-17-45-112(9)55-66/h10-13,22-23,25-26,30-36,48,53,58-61,66,68,71-86,103,115-116H,14-21,24,27-29,37-47,49-52,54-57H2,1-9H3,(H2,101,117)(H,102,128)(H,104,124)(H,105,121)(H,106,122)(H,107,120)(H,108,118)(H,109,125)(H,110,119)(H,111,123). The lowest BCUT2D eigenvalue weighted by Crippen LogP contribution is -2.62. The summed E-state index contributed by atoms with van der Waals surface area (Å²) >= 11 is 0. The van der Waals surface area contributed by atoms with Gasteiger partial charge < -0.3 is 88.6 Å². The average molecular weight is 1840 g/mol. The van der Waals surface area contributed by atoms with Crippen LogP contribution in [0, 0.1) is 70.0 Å². The second-order valence-electron chi connectivity index (χ2n) is 40.3. The first-order chi connectivity index (χ1) is 62.7. The predicted octanol–water partition coefficient (Wildman–Crippen LogP) is 8.99. The van der Waals surface area contributed by atoms with Crippen LogP contribution >= 0.6 is 21.6 Å². The van der Waals surface area contributed by atoms with Crippen molar-refractivity contribution in [2.45, 2.75) is 276 Å². The van der Waals surface area contributed by atoms with Gasteiger partial charge in [0.1, 0.15) is 66.2 Å². The van der Waals surface area contributed by atoms with Gasteiger partial charge >= 0.3 is 6.09 Å². The van der Waals surface area contributed by atoms with E-state index < -0.39 is 132 Å². The zero-order valence-electron chi connectivity index (χ0n) is 77.9. The Morgan fingerprint density at radius 3 is 2.08 bits per heavy atom. The number of unbranched alkanes of at least 4 members (excludes halogenated alkanes) is 1. The van der Waals surface area contributed by atoms with Crippen molar-refractivity contribution < 1.29 is 72.5 Å². The summed E-state index contributed by atoms with van der Waals surface area (Å²) < 4.78 is 6.21. The smallest absolute Gasteiger partial charge is 0.407 e. The van der Waals surface area contributed by atoms with Crippen molar-refractivity contribution in [1.82, 2.24) is 67.9 Å². The molecule has 5 aliphatic heterocycles. The number of carbonyl (C=O) groups excluding carboxylic acids is 12. The van der Waals surface area contributed by atoms with Gasteiger partial charge in [0.2, 0.25) is 65.0 Å². The van der Waals surface area contributed by atoms with E-state index >= 15 is 28.8 Å². The fourth-order valence-corrected chi connectivity index (χ4v) is 25.4. The van der Waals surface area contributed by atoms with Crippen molar-refractivity contribution in [2.24, 2.45) is 75.7 Å². The van der Waals surface area contributed by atoms with Crippen molar-refractivity contribution in [2.75, 3.05) is 57.8 Å². The maximum absolute atomic E-state index is 15.8. The zero-order valence-corrected chi connectivity index (χ0v) is 79.5. The molecule has 3 saturated carbocycles. The maximum atomic E-state index is 15.8. The molecule has 10 aliphatic rings. The number of aliphatic hydroxyl groups excluding tert-OH is 1. The monoisotopic (exact) mass is 1840 g/mol. The van der Waals surface area contributed by atoms with Crippen LogP contribution in [0.2, 0.25) is 0 Å². The number of hydrogen-bond acceptors (Lipinski definition) is 19. The van der Waals surface area contributed by atoms with E-state index in [9.17, 15) is 39.0 Å². The minimum atomic E-state index is -1.63. The Hall–Kier alpha value is -9.46. The number of aromatic hydroxyl groups is 1. The molecule has 29 nitrogen and oxygen atoms in total. The zero-order chi connectivity index (χ0) is 93.5. The number of aliphatic hydroxyl groups is 1. The highest BCUT2D eigenvalue weighted by molar-refractivity contribution is 8.76. The number of piperidine rings is 1. The van der Waals surface area contributed by atoms with Crippen molar-refractivity contribution in [1.29, 1.82) is 0 Å². The maximum Gasteiger partial charge on any atom is 0.407 e. The Kier molecular flexibility index (Phi) is 34.1. The Bertz CT molecular complexity index is 4740. The van der Waals surface area contributed by atoms with E-state index in [1.54, 1.807) is 42.0 Å². The third-order valence-electron chi connectivity index (χ3n) is 30.4. The molecule has 12 amide bonds. The minimum Gasteiger partial charge on any atom is -0.508 e. The minimum absolute atomic E-state index is 0.0190. The number of nitrogens with zero attached hydrogens (tertiary/aromatic N) is 3. The lowest BCUT2D eigenvalue weighted by atomic mass is 9.47. The number of fused-ring (bicyclic) bond motifs is 7. The van der Waals surface area contributed by atoms with Gasteiger partial charge in [0.05, 0.1) is 24.0 Å². The number of nitrogens with one attached hydrogen (secondary N) is 10. The molecule has 0 aromatic heterocycles. The Morgan fingerprint density at radius 1 is 0.664 bits per heavy atom. The summed E-state index contributed by atoms with van der Waals surface area (Å²) in [7, 11) is 3.95. The number of rotatable bonds is 29. The number of ether oxygens (including phenoxy) is 1. The van der Waals surface area contributed by atoms with Crippen LogP contribution in [-0.2, 0) is 70.3 Å². The molecule has 14 N–H and O–H groups in total. The normalized spacial score (nSPS) is 30.6. The molecule has 5 heterocycles. The molecule has 0 spiro atoms. The van der Waals surface area contributed by atoms with Crippen molar-refractivity contribution in [3.63, 3.8) is 0 Å². The topological polar surface area (TPSA) is 411 Å². The molecule has 7 fully saturated rings. The molecule has 0 radical (unpaired) electrons. The predicted molar refractivity (Wildman–Crippen MR) is 506 cm³/mol. The molecule has 714 valence electrons. The van der Waals surface area contributed by atoms with Crippen LogP contribution in [0.4, 0.5) is 4.79 Å². The lowest BCUT2D eigenvalue weighted by molar-refractivity contribution is -0.149. The highest BCUT2D eigenvalue weighted by Gasteiger charge is 2.60. The molecule has 22 atom stereocenters. The quantitative estimate of drug-likeness (QED) is 0.0175. The molecule has 5 aliphatic carbocycles. The number of allylic oxidation sites excluding steroid dienone is 3. The largest absolute Gasteiger partial charge is 0.508 e. The first-order valence-corrected chi connectivity index (χ1v) is 50.8. The molecule has 13 rings (SSSR count). The van der Waals surface area contributed by atoms with E-state index in [0.29, 0.717) is 91.5 Å². The van der Waals surface area contributed by atoms with Crippen LogP contribution in [0.3, 0.4) is 0 Å². The molecular weight excluding hydrogens is 1700 g/mol. The van der Waals surface area contributed by atoms with Crippen LogP contribution < -0.4 is 58.9 Å². The molecule has 0 bridgehead atoms. The van der Waals surface area contributed by atoms with Crippen LogP contribution in [0.5, 0.6) is 5.75 Å². The first-order valence-electron chi connectivity index (χ1n) is 48.3. The van der Waals surface area contributed by atoms with Crippen molar-refractivity contribution >= 4 is 103 Å². The molecule has 3 aromatic rings. The summed E-state index contributed by atoms with van der Waals surface area (Å²) in [5.74, 6) is -6.71. The summed E-state index contributed by atoms with van der Waals surface area (Å²) in [4.78, 5) is 184. The van der Waals surface area contributed by atoms with Gasteiger partial charge in [-0.1, -0.05) is 180 Å². The van der Waals surface area contributed by atoms with Gasteiger partial charge in [0.15, 0.2) is 0 Å². The van der Waals surface area contributed by atoms with Crippen LogP contribution in [0.25, 0.3) is 10.8 Å². The van der Waals surface area contributed by atoms with Crippen molar-refractivity contribution in [3.8, 4) is 5.75 Å². The highest BCUT2D eigenvalue weighted by Crippen LogP contribution is 2.67. The second-order valence-corrected chi connectivity index (χ2v) is 42.9. The lowest BCUT2D eigenvalue weighted by Gasteiger charge is -2.58. The first kappa shape index (κ1) is 99.0. The fraction of sp³-hybridized carbons (Fsp3) is 0.640. The molecule has 131 heavy (non-hydrogen) atoms. The number of primary amides is 1. The van der Waals surface area contributed by atoms with Crippen LogP contribution in [-0.4, -0.2) is 226 Å². The van der Waals surface area contributed by atoms with E-state index in [1.807, 2.05) is 73.8 Å². The fourth-order valence-electron chi connectivity index (χ4n) is 23.1. The number of benzene rings is 3. The summed E-state index contributed by atoms with van der Waals surface area (Å²) in [5.41, 5.74) is 9.39. The number of carbonyl (C=O) groups is 12. The Morgan fingerprint density at radius 2 is 1.35 bits per heavy atom.